The van der Waals surface area contributed by atoms with Crippen LogP contribution in [-0.4, -0.2) is 54.7 Å². The molecule has 2 aromatic rings. The maximum Gasteiger partial charge on any atom is 0.265 e. The minimum absolute atomic E-state index is 0.248. The van der Waals surface area contributed by atoms with Crippen molar-refractivity contribution in [1.82, 2.24) is 9.80 Å². The quantitative estimate of drug-likeness (QED) is 0.492. The van der Waals surface area contributed by atoms with E-state index in [1.807, 2.05) is 32.8 Å². The van der Waals surface area contributed by atoms with Crippen molar-refractivity contribution >= 4 is 46.3 Å². The Bertz CT molecular complexity index is 910. The number of carbonyl (C=O) groups excluding carboxylic acids is 3. The average Bonchev–Trinajstić information content (AvgIpc) is 3.32. The summed E-state index contributed by atoms with van der Waals surface area (Å²) in [4.78, 5) is 41.3. The Morgan fingerprint density at radius 2 is 1.72 bits per heavy atom. The molecule has 2 heterocycles. The number of fused-ring (bicyclic) bond motifs is 1. The molecule has 0 radical (unpaired) electrons. The summed E-state index contributed by atoms with van der Waals surface area (Å²) in [6.45, 7) is 9.48. The molecule has 1 N–H and O–H groups in total. The number of nitrogens with zero attached hydrogens (tertiary/aromatic N) is 2. The van der Waals surface area contributed by atoms with Gasteiger partial charge in [-0.1, -0.05) is 58.2 Å². The lowest BCUT2D eigenvalue weighted by molar-refractivity contribution is 0.0649. The molecule has 0 spiro atoms. The highest BCUT2D eigenvalue weighted by atomic mass is 35.5. The Kier molecular flexibility index (Phi) is 12.2. The second-order valence-electron chi connectivity index (χ2n) is 7.20. The van der Waals surface area contributed by atoms with Crippen molar-refractivity contribution in [2.24, 2.45) is 0 Å². The van der Waals surface area contributed by atoms with E-state index in [4.69, 9.17) is 11.6 Å². The molecule has 0 saturated heterocycles. The fourth-order valence-corrected chi connectivity index (χ4v) is 3.74. The van der Waals surface area contributed by atoms with Crippen molar-refractivity contribution in [3.8, 4) is 0 Å². The van der Waals surface area contributed by atoms with Gasteiger partial charge in [0.1, 0.15) is 0 Å². The van der Waals surface area contributed by atoms with E-state index >= 15 is 0 Å². The van der Waals surface area contributed by atoms with E-state index in [0.29, 0.717) is 33.4 Å². The molecule has 1 aromatic carbocycles. The molecule has 3 rings (SSSR count). The summed E-state index contributed by atoms with van der Waals surface area (Å²) in [5, 5.41) is 2.72. The molecule has 3 amide bonds. The van der Waals surface area contributed by atoms with Crippen LogP contribution in [0.4, 0.5) is 5.69 Å². The minimum Gasteiger partial charge on any atom is -0.321 e. The number of hydrogen-bond donors (Lipinski definition) is 1. The molecule has 1 aromatic heterocycles. The summed E-state index contributed by atoms with van der Waals surface area (Å²) < 4.78 is 0.506. The smallest absolute Gasteiger partial charge is 0.265 e. The average molecular weight is 480 g/mol. The van der Waals surface area contributed by atoms with E-state index in [1.165, 1.54) is 17.7 Å². The molecule has 0 aliphatic carbocycles. The van der Waals surface area contributed by atoms with Crippen molar-refractivity contribution in [1.29, 1.82) is 0 Å². The molecular weight excluding hydrogens is 446 g/mol. The zero-order chi connectivity index (χ0) is 24.3. The molecule has 0 fully saturated rings. The summed E-state index contributed by atoms with van der Waals surface area (Å²) in [5.41, 5.74) is 0.908. The number of carbonyl (C=O) groups is 3. The van der Waals surface area contributed by atoms with Crippen LogP contribution in [0.25, 0.3) is 0 Å². The molecule has 0 saturated carbocycles. The van der Waals surface area contributed by atoms with Crippen molar-refractivity contribution in [3.63, 3.8) is 0 Å². The lowest BCUT2D eigenvalue weighted by Gasteiger charge is -2.16. The van der Waals surface area contributed by atoms with Crippen molar-refractivity contribution in [2.75, 3.05) is 32.5 Å². The summed E-state index contributed by atoms with van der Waals surface area (Å²) in [5.74, 6) is -1.05. The van der Waals surface area contributed by atoms with E-state index in [9.17, 15) is 14.4 Å². The number of rotatable bonds is 7. The van der Waals surface area contributed by atoms with E-state index in [1.54, 1.807) is 30.3 Å². The Morgan fingerprint density at radius 3 is 2.25 bits per heavy atom. The lowest BCUT2D eigenvalue weighted by atomic mass is 10.1. The highest BCUT2D eigenvalue weighted by Gasteiger charge is 2.37. The Balaban J connectivity index is 0.000000769. The van der Waals surface area contributed by atoms with Gasteiger partial charge >= 0.3 is 0 Å². The van der Waals surface area contributed by atoms with Crippen LogP contribution < -0.4 is 5.32 Å². The van der Waals surface area contributed by atoms with Gasteiger partial charge in [0.05, 0.1) is 26.0 Å². The third kappa shape index (κ3) is 7.43. The van der Waals surface area contributed by atoms with Crippen LogP contribution in [0, 0.1) is 0 Å². The van der Waals surface area contributed by atoms with Gasteiger partial charge in [0.2, 0.25) is 0 Å². The largest absolute Gasteiger partial charge is 0.321 e. The van der Waals surface area contributed by atoms with E-state index in [0.717, 1.165) is 17.9 Å². The fraction of sp³-hybridized carbons (Fsp3) is 0.458. The van der Waals surface area contributed by atoms with Crippen LogP contribution >= 0.6 is 22.9 Å². The van der Waals surface area contributed by atoms with Crippen LogP contribution in [-0.2, 0) is 0 Å². The number of hydrogen-bond acceptors (Lipinski definition) is 5. The fourth-order valence-electron chi connectivity index (χ4n) is 2.81. The van der Waals surface area contributed by atoms with Crippen LogP contribution in [0.2, 0.25) is 4.34 Å². The highest BCUT2D eigenvalue weighted by Crippen LogP contribution is 2.30. The number of thiophene rings is 1. The highest BCUT2D eigenvalue weighted by molar-refractivity contribution is 7.18. The standard InChI is InChI=1S/C18H18ClN3O3S.C4H10.C2H6/c1-21(2)9-4-10-22-17(24)11-5-3-6-12(15(11)18(22)25)20-16(23)13-7-8-14(19)26-13;1-3-4-2;1-2/h3,5-8H,4,9-10H2,1-2H3,(H,20,23);3-4H2,1-2H3;1-2H3. The number of nitrogens with one attached hydrogen (secondary N) is 1. The predicted molar refractivity (Wildman–Crippen MR) is 134 cm³/mol. The number of anilines is 1. The molecule has 0 unspecified atom stereocenters. The van der Waals surface area contributed by atoms with Gasteiger partial charge in [0.15, 0.2) is 0 Å². The maximum atomic E-state index is 12.7. The van der Waals surface area contributed by atoms with Crippen molar-refractivity contribution in [2.45, 2.75) is 47.0 Å². The van der Waals surface area contributed by atoms with Crippen LogP contribution in [0.1, 0.15) is 77.3 Å². The van der Waals surface area contributed by atoms with Crippen LogP contribution in [0.5, 0.6) is 0 Å². The predicted octanol–water partition coefficient (Wildman–Crippen LogP) is 6.03. The summed E-state index contributed by atoms with van der Waals surface area (Å²) >= 11 is 7.01. The third-order valence-electron chi connectivity index (χ3n) is 4.53. The third-order valence-corrected chi connectivity index (χ3v) is 5.76. The van der Waals surface area contributed by atoms with Gasteiger partial charge in [0.25, 0.3) is 17.7 Å². The van der Waals surface area contributed by atoms with Gasteiger partial charge in [-0.2, -0.15) is 0 Å². The van der Waals surface area contributed by atoms with E-state index in [2.05, 4.69) is 19.2 Å². The molecule has 176 valence electrons. The molecule has 0 bridgehead atoms. The summed E-state index contributed by atoms with van der Waals surface area (Å²) in [7, 11) is 3.87. The van der Waals surface area contributed by atoms with Crippen LogP contribution in [0.15, 0.2) is 30.3 Å². The first-order valence-electron chi connectivity index (χ1n) is 11.0. The molecule has 1 aliphatic heterocycles. The second-order valence-corrected chi connectivity index (χ2v) is 8.92. The van der Waals surface area contributed by atoms with Gasteiger partial charge in [-0.15, -0.1) is 11.3 Å². The number of unbranched alkanes of at least 4 members (excludes halogenated alkanes) is 1. The van der Waals surface area contributed by atoms with Gasteiger partial charge in [0, 0.05) is 6.54 Å². The van der Waals surface area contributed by atoms with E-state index in [-0.39, 0.29) is 23.3 Å². The molecule has 8 heteroatoms. The molecule has 32 heavy (non-hydrogen) atoms. The number of halogens is 1. The molecular formula is C24H34ClN3O3S. The Hall–Kier alpha value is -2.22. The first-order chi connectivity index (χ1) is 15.3. The molecule has 6 nitrogen and oxygen atoms in total. The van der Waals surface area contributed by atoms with Crippen molar-refractivity contribution < 1.29 is 14.4 Å². The van der Waals surface area contributed by atoms with Gasteiger partial charge in [-0.3, -0.25) is 19.3 Å². The van der Waals surface area contributed by atoms with Crippen molar-refractivity contribution in [3.05, 3.63) is 50.7 Å². The second kappa shape index (κ2) is 14.0. The topological polar surface area (TPSA) is 69.7 Å². The normalized spacial score (nSPS) is 12.1. The SMILES string of the molecule is CC.CCCC.CN(C)CCCN1C(=O)c2cccc(NC(=O)c3ccc(Cl)s3)c2C1=O. The summed E-state index contributed by atoms with van der Waals surface area (Å²) in [6, 6.07) is 8.15. The monoisotopic (exact) mass is 479 g/mol. The number of amides is 3. The number of benzene rings is 1. The molecule has 0 atom stereocenters. The molecule has 1 aliphatic rings. The first-order valence-corrected chi connectivity index (χ1v) is 12.2. The first kappa shape index (κ1) is 27.8. The zero-order valence-electron chi connectivity index (χ0n) is 19.8. The zero-order valence-corrected chi connectivity index (χ0v) is 21.4. The Labute approximate surface area is 200 Å². The maximum absolute atomic E-state index is 12.7. The number of imide groups is 1. The van der Waals surface area contributed by atoms with Gasteiger partial charge in [-0.25, -0.2) is 0 Å². The Morgan fingerprint density at radius 1 is 1.06 bits per heavy atom. The van der Waals surface area contributed by atoms with Gasteiger partial charge in [-0.05, 0) is 51.3 Å². The van der Waals surface area contributed by atoms with Crippen LogP contribution in [0.3, 0.4) is 0 Å². The lowest BCUT2D eigenvalue weighted by Crippen LogP contribution is -2.32. The van der Waals surface area contributed by atoms with Gasteiger partial charge < -0.3 is 10.2 Å². The summed E-state index contributed by atoms with van der Waals surface area (Å²) in [6.07, 6.45) is 3.33. The van der Waals surface area contributed by atoms with E-state index < -0.39 is 0 Å². The minimum atomic E-state index is -0.371.